The fraction of sp³-hybridized carbons (Fsp3) is 0.379. The molecule has 11 nitrogen and oxygen atoms in total. The lowest BCUT2D eigenvalue weighted by Crippen LogP contribution is -2.48. The number of carboxylic acid groups (broad SMARTS) is 1. The summed E-state index contributed by atoms with van der Waals surface area (Å²) in [6.45, 7) is 6.83. The molecule has 1 saturated heterocycles. The van der Waals surface area contributed by atoms with Gasteiger partial charge in [0, 0.05) is 37.3 Å². The van der Waals surface area contributed by atoms with Gasteiger partial charge < -0.3 is 30.8 Å². The van der Waals surface area contributed by atoms with Crippen LogP contribution in [0.25, 0.3) is 10.9 Å². The van der Waals surface area contributed by atoms with Gasteiger partial charge in [0.25, 0.3) is 11.5 Å². The Hall–Kier alpha value is -4.45. The number of piperidine rings is 1. The topological polar surface area (TPSA) is 153 Å². The number of pyridine rings is 1. The van der Waals surface area contributed by atoms with Gasteiger partial charge in [-0.05, 0) is 82.1 Å². The maximum absolute atomic E-state index is 14.1. The maximum atomic E-state index is 14.1. The SMILES string of the molecule is CNc1cc(F)cc2cc(C(=O)Nc3ccc(C(=O)O)cc3CN3CCCC(NC(=O)OC(C)(C)C)C3)c(=O)[nH]c12. The average molecular weight is 568 g/mol. The van der Waals surface area contributed by atoms with Gasteiger partial charge in [-0.25, -0.2) is 14.0 Å². The quantitative estimate of drug-likeness (QED) is 0.286. The van der Waals surface area contributed by atoms with Crippen LogP contribution < -0.4 is 21.5 Å². The number of ether oxygens (including phenoxy) is 1. The highest BCUT2D eigenvalue weighted by Crippen LogP contribution is 2.25. The number of likely N-dealkylation sites (tertiary alicyclic amines) is 1. The normalized spacial score (nSPS) is 15.8. The Balaban J connectivity index is 1.57. The first-order valence-corrected chi connectivity index (χ1v) is 13.3. The van der Waals surface area contributed by atoms with Crippen LogP contribution in [0.1, 0.15) is 59.9 Å². The third kappa shape index (κ3) is 7.40. The number of amides is 2. The average Bonchev–Trinajstić information content (AvgIpc) is 2.88. The molecule has 0 spiro atoms. The summed E-state index contributed by atoms with van der Waals surface area (Å²) in [4.78, 5) is 54.7. The molecule has 1 atom stereocenters. The summed E-state index contributed by atoms with van der Waals surface area (Å²) in [7, 11) is 1.59. The zero-order chi connectivity index (χ0) is 29.9. The van der Waals surface area contributed by atoms with Crippen LogP contribution in [-0.2, 0) is 11.3 Å². The van der Waals surface area contributed by atoms with E-state index >= 15 is 0 Å². The summed E-state index contributed by atoms with van der Waals surface area (Å²) in [5.41, 5.74) is 0.120. The number of alkyl carbamates (subject to hydrolysis) is 1. The standard InChI is InChI=1S/C29H34FN5O6/c1-29(2,3)41-28(40)32-20-6-5-9-35(15-20)14-18-10-16(27(38)39)7-8-22(18)33-25(36)21-12-17-11-19(30)13-23(31-4)24(17)34-26(21)37/h7-8,10-13,20,31H,5-6,9,14-15H2,1-4H3,(H,32,40)(H,33,36)(H,34,37)(H,38,39). The molecule has 0 aliphatic carbocycles. The van der Waals surface area contributed by atoms with Crippen molar-refractivity contribution in [2.45, 2.75) is 51.8 Å². The third-order valence-electron chi connectivity index (χ3n) is 6.65. The molecule has 2 amide bonds. The van der Waals surface area contributed by atoms with Crippen LogP contribution in [0.5, 0.6) is 0 Å². The molecule has 1 aliphatic heterocycles. The van der Waals surface area contributed by atoms with Crippen LogP contribution in [0.3, 0.4) is 0 Å². The molecule has 1 unspecified atom stereocenters. The molecule has 1 aliphatic rings. The summed E-state index contributed by atoms with van der Waals surface area (Å²) in [5.74, 6) is -2.38. The van der Waals surface area contributed by atoms with Crippen molar-refractivity contribution >= 4 is 40.2 Å². The van der Waals surface area contributed by atoms with Gasteiger partial charge in [0.1, 0.15) is 17.0 Å². The predicted molar refractivity (Wildman–Crippen MR) is 153 cm³/mol. The van der Waals surface area contributed by atoms with E-state index in [9.17, 15) is 28.7 Å². The molecule has 2 heterocycles. The third-order valence-corrected chi connectivity index (χ3v) is 6.65. The summed E-state index contributed by atoms with van der Waals surface area (Å²) in [5, 5.41) is 18.3. The first-order valence-electron chi connectivity index (χ1n) is 13.3. The zero-order valence-electron chi connectivity index (χ0n) is 23.4. The van der Waals surface area contributed by atoms with E-state index in [2.05, 4.69) is 20.9 Å². The van der Waals surface area contributed by atoms with Crippen molar-refractivity contribution in [2.75, 3.05) is 30.8 Å². The van der Waals surface area contributed by atoms with E-state index in [-0.39, 0.29) is 23.7 Å². The highest BCUT2D eigenvalue weighted by atomic mass is 19.1. The Bertz CT molecular complexity index is 1550. The molecule has 1 aromatic heterocycles. The molecule has 41 heavy (non-hydrogen) atoms. The van der Waals surface area contributed by atoms with Crippen molar-refractivity contribution < 1.29 is 28.6 Å². The first kappa shape index (κ1) is 29.5. The van der Waals surface area contributed by atoms with E-state index in [1.807, 2.05) is 4.90 Å². The van der Waals surface area contributed by atoms with Gasteiger partial charge >= 0.3 is 12.1 Å². The number of aromatic carboxylic acids is 1. The monoisotopic (exact) mass is 567 g/mol. The van der Waals surface area contributed by atoms with Gasteiger partial charge in [0.05, 0.1) is 16.8 Å². The van der Waals surface area contributed by atoms with Crippen LogP contribution in [0, 0.1) is 5.82 Å². The van der Waals surface area contributed by atoms with E-state index in [1.165, 1.54) is 36.4 Å². The number of carboxylic acids is 1. The van der Waals surface area contributed by atoms with E-state index in [4.69, 9.17) is 4.74 Å². The van der Waals surface area contributed by atoms with Crippen LogP contribution >= 0.6 is 0 Å². The molecule has 2 aromatic carbocycles. The maximum Gasteiger partial charge on any atom is 0.407 e. The molecule has 12 heteroatoms. The van der Waals surface area contributed by atoms with Crippen molar-refractivity contribution in [1.82, 2.24) is 15.2 Å². The smallest absolute Gasteiger partial charge is 0.407 e. The minimum absolute atomic E-state index is 0.0389. The fourth-order valence-corrected chi connectivity index (χ4v) is 4.85. The van der Waals surface area contributed by atoms with Gasteiger partial charge in [0.2, 0.25) is 0 Å². The van der Waals surface area contributed by atoms with Crippen LogP contribution in [-0.4, -0.2) is 64.7 Å². The number of anilines is 2. The number of H-pyrrole nitrogens is 1. The number of nitrogens with one attached hydrogen (secondary N) is 4. The van der Waals surface area contributed by atoms with Gasteiger partial charge in [-0.2, -0.15) is 0 Å². The lowest BCUT2D eigenvalue weighted by molar-refractivity contribution is 0.0469. The highest BCUT2D eigenvalue weighted by Gasteiger charge is 2.25. The van der Waals surface area contributed by atoms with E-state index in [1.54, 1.807) is 27.8 Å². The summed E-state index contributed by atoms with van der Waals surface area (Å²) < 4.78 is 19.5. The van der Waals surface area contributed by atoms with Crippen molar-refractivity contribution in [3.8, 4) is 0 Å². The van der Waals surface area contributed by atoms with Crippen LogP contribution in [0.4, 0.5) is 20.6 Å². The molecule has 0 bridgehead atoms. The van der Waals surface area contributed by atoms with Crippen molar-refractivity contribution in [3.63, 3.8) is 0 Å². The Kier molecular flexibility index (Phi) is 8.62. The largest absolute Gasteiger partial charge is 0.478 e. The van der Waals surface area contributed by atoms with E-state index in [0.717, 1.165) is 12.8 Å². The van der Waals surface area contributed by atoms with Gasteiger partial charge in [-0.15, -0.1) is 0 Å². The number of aromatic nitrogens is 1. The van der Waals surface area contributed by atoms with Gasteiger partial charge in [-0.1, -0.05) is 0 Å². The number of carbonyl (C=O) groups is 3. The number of fused-ring (bicyclic) bond motifs is 1. The lowest BCUT2D eigenvalue weighted by Gasteiger charge is -2.34. The molecule has 0 saturated carbocycles. The van der Waals surface area contributed by atoms with Crippen molar-refractivity contribution in [3.05, 3.63) is 69.3 Å². The Morgan fingerprint density at radius 1 is 1.15 bits per heavy atom. The number of carbonyl (C=O) groups excluding carboxylic acids is 2. The minimum Gasteiger partial charge on any atom is -0.478 e. The summed E-state index contributed by atoms with van der Waals surface area (Å²) in [6.07, 6.45) is 1.04. The molecule has 5 N–H and O–H groups in total. The van der Waals surface area contributed by atoms with E-state index < -0.39 is 34.9 Å². The van der Waals surface area contributed by atoms with Gasteiger partial charge in [0.15, 0.2) is 0 Å². The zero-order valence-corrected chi connectivity index (χ0v) is 23.4. The van der Waals surface area contributed by atoms with E-state index in [0.29, 0.717) is 40.9 Å². The number of hydrogen-bond acceptors (Lipinski definition) is 7. The minimum atomic E-state index is -1.12. The molecule has 1 fully saturated rings. The Morgan fingerprint density at radius 3 is 2.59 bits per heavy atom. The Morgan fingerprint density at radius 2 is 1.90 bits per heavy atom. The van der Waals surface area contributed by atoms with Crippen LogP contribution in [0.2, 0.25) is 0 Å². The lowest BCUT2D eigenvalue weighted by atomic mass is 10.0. The van der Waals surface area contributed by atoms with Crippen LogP contribution in [0.15, 0.2) is 41.2 Å². The Labute approximate surface area is 236 Å². The van der Waals surface area contributed by atoms with Gasteiger partial charge in [-0.3, -0.25) is 14.5 Å². The number of nitrogens with zero attached hydrogens (tertiary/aromatic N) is 1. The molecular weight excluding hydrogens is 533 g/mol. The predicted octanol–water partition coefficient (Wildman–Crippen LogP) is 4.15. The first-order chi connectivity index (χ1) is 19.3. The number of rotatable bonds is 7. The van der Waals surface area contributed by atoms with Crippen molar-refractivity contribution in [2.24, 2.45) is 0 Å². The molecule has 3 aromatic rings. The molecule has 218 valence electrons. The summed E-state index contributed by atoms with van der Waals surface area (Å²) in [6, 6.07) is 7.92. The number of halogens is 1. The number of aromatic amines is 1. The highest BCUT2D eigenvalue weighted by molar-refractivity contribution is 6.07. The second-order valence-electron chi connectivity index (χ2n) is 11.0. The summed E-state index contributed by atoms with van der Waals surface area (Å²) >= 11 is 0. The molecule has 0 radical (unpaired) electrons. The second kappa shape index (κ2) is 12.0. The molecular formula is C29H34FN5O6. The number of benzene rings is 2. The number of hydrogen-bond donors (Lipinski definition) is 5. The second-order valence-corrected chi connectivity index (χ2v) is 11.0. The van der Waals surface area contributed by atoms with Crippen molar-refractivity contribution in [1.29, 1.82) is 0 Å². The molecule has 4 rings (SSSR count). The fourth-order valence-electron chi connectivity index (χ4n) is 4.85.